The van der Waals surface area contributed by atoms with Crippen LogP contribution in [-0.2, 0) is 14.8 Å². The molecule has 0 aliphatic heterocycles. The maximum absolute atomic E-state index is 7.75. The van der Waals surface area contributed by atoms with Crippen molar-refractivity contribution in [1.82, 2.24) is 0 Å². The van der Waals surface area contributed by atoms with Crippen LogP contribution in [0.4, 0.5) is 0 Å². The molecule has 0 aliphatic rings. The molecular weight excluding hydrogens is 609 g/mol. The van der Waals surface area contributed by atoms with Gasteiger partial charge >= 0.3 is 0 Å². The van der Waals surface area contributed by atoms with Gasteiger partial charge in [0.25, 0.3) is 0 Å². The van der Waals surface area contributed by atoms with Gasteiger partial charge in [-0.1, -0.05) is 145 Å². The summed E-state index contributed by atoms with van der Waals surface area (Å²) in [6.45, 7) is 18.7. The third-order valence-electron chi connectivity index (χ3n) is 10.00. The first-order chi connectivity index (χ1) is 23.1. The normalized spacial score (nSPS) is 13.5. The number of methoxy groups -OCH3 is 2. The Labute approximate surface area is 291 Å². The van der Waals surface area contributed by atoms with E-state index in [-0.39, 0.29) is 12.0 Å². The monoisotopic (exact) mass is 664 g/mol. The van der Waals surface area contributed by atoms with Crippen LogP contribution in [-0.4, -0.2) is 29.1 Å². The van der Waals surface area contributed by atoms with E-state index >= 15 is 0 Å². The van der Waals surface area contributed by atoms with Gasteiger partial charge in [-0.15, -0.1) is 6.58 Å². The van der Waals surface area contributed by atoms with Crippen molar-refractivity contribution in [2.75, 3.05) is 20.8 Å². The summed E-state index contributed by atoms with van der Waals surface area (Å²) in [7, 11) is 1.03. The molecule has 0 aromatic heterocycles. The van der Waals surface area contributed by atoms with Crippen LogP contribution >= 0.6 is 0 Å². The largest absolute Gasteiger partial charge is 0.493 e. The lowest BCUT2D eigenvalue weighted by molar-refractivity contribution is -0.0384. The van der Waals surface area contributed by atoms with Crippen LogP contribution in [0.3, 0.4) is 0 Å². The highest BCUT2D eigenvalue weighted by molar-refractivity contribution is 6.77. The van der Waals surface area contributed by atoms with E-state index in [4.69, 9.17) is 18.6 Å². The summed E-state index contributed by atoms with van der Waals surface area (Å²) in [4.78, 5) is 0. The Morgan fingerprint density at radius 3 is 1.50 bits per heavy atom. The minimum atomic E-state index is -2.35. The molecule has 0 saturated carbocycles. The Kier molecular flexibility index (Phi) is 13.3. The molecule has 0 fully saturated rings. The van der Waals surface area contributed by atoms with Crippen LogP contribution in [0.1, 0.15) is 82.7 Å². The SMILES string of the molecule is C=CCC[C@@H](COC(c1ccccc1)(c1ccccc1)c1ccccc1)[C@H](O[Si](C(C)C)(C(C)C)C(C)C)c1ccc(OC)c(OC)c1. The summed E-state index contributed by atoms with van der Waals surface area (Å²) < 4.78 is 26.7. The van der Waals surface area contributed by atoms with Crippen LogP contribution in [0.15, 0.2) is 122 Å². The van der Waals surface area contributed by atoms with Gasteiger partial charge in [-0.2, -0.15) is 0 Å². The van der Waals surface area contributed by atoms with Crippen molar-refractivity contribution in [2.45, 2.75) is 82.7 Å². The summed E-state index contributed by atoms with van der Waals surface area (Å²) in [6.07, 6.45) is 3.48. The van der Waals surface area contributed by atoms with Gasteiger partial charge in [0.05, 0.1) is 26.9 Å². The van der Waals surface area contributed by atoms with Crippen molar-refractivity contribution in [2.24, 2.45) is 5.92 Å². The van der Waals surface area contributed by atoms with Crippen molar-refractivity contribution in [3.8, 4) is 11.5 Å². The average molecular weight is 665 g/mol. The van der Waals surface area contributed by atoms with Crippen molar-refractivity contribution in [1.29, 1.82) is 0 Å². The van der Waals surface area contributed by atoms with Crippen LogP contribution in [0.25, 0.3) is 0 Å². The zero-order valence-electron chi connectivity index (χ0n) is 30.3. The summed E-state index contributed by atoms with van der Waals surface area (Å²) in [5, 5.41) is 0. The zero-order chi connectivity index (χ0) is 34.7. The number of rotatable bonds is 18. The van der Waals surface area contributed by atoms with Gasteiger partial charge in [-0.05, 0) is 63.9 Å². The first-order valence-electron chi connectivity index (χ1n) is 17.5. The maximum Gasteiger partial charge on any atom is 0.201 e. The maximum atomic E-state index is 7.75. The second-order valence-electron chi connectivity index (χ2n) is 13.7. The molecule has 4 aromatic rings. The van der Waals surface area contributed by atoms with Crippen molar-refractivity contribution in [3.63, 3.8) is 0 Å². The molecule has 256 valence electrons. The fraction of sp³-hybridized carbons (Fsp3) is 0.395. The van der Waals surface area contributed by atoms with E-state index in [1.807, 2.05) is 12.1 Å². The molecule has 4 rings (SSSR count). The molecule has 4 nitrogen and oxygen atoms in total. The number of hydrogen-bond acceptors (Lipinski definition) is 4. The van der Waals surface area contributed by atoms with Crippen molar-refractivity contribution in [3.05, 3.63) is 144 Å². The first-order valence-corrected chi connectivity index (χ1v) is 19.6. The molecule has 48 heavy (non-hydrogen) atoms. The van der Waals surface area contributed by atoms with Crippen molar-refractivity contribution >= 4 is 8.32 Å². The number of allylic oxidation sites excluding steroid dienone is 1. The van der Waals surface area contributed by atoms with Gasteiger partial charge in [0.1, 0.15) is 5.60 Å². The highest BCUT2D eigenvalue weighted by atomic mass is 28.4. The van der Waals surface area contributed by atoms with Gasteiger partial charge in [0.2, 0.25) is 8.32 Å². The predicted molar refractivity (Wildman–Crippen MR) is 203 cm³/mol. The standard InChI is InChI=1S/C43H56O4Si/c1-10-11-21-36(42(35-28-29-40(44-8)41(30-35)45-9)47-48(32(2)3,33(4)5)34(6)7)31-46-43(37-22-15-12-16-23-37,38-24-17-13-18-25-38)39-26-19-14-20-27-39/h10,12-20,22-30,32-34,36,42H,1,11,21,31H2,2-9H3/t36-,42+/m0/s1. The van der Waals surface area contributed by atoms with Crippen LogP contribution in [0.5, 0.6) is 11.5 Å². The van der Waals surface area contributed by atoms with Gasteiger partial charge in [0.15, 0.2) is 11.5 Å². The van der Waals surface area contributed by atoms with Crippen LogP contribution in [0.2, 0.25) is 16.6 Å². The smallest absolute Gasteiger partial charge is 0.201 e. The molecule has 0 saturated heterocycles. The minimum Gasteiger partial charge on any atom is -0.493 e. The van der Waals surface area contributed by atoms with Gasteiger partial charge < -0.3 is 18.6 Å². The summed E-state index contributed by atoms with van der Waals surface area (Å²) in [5.41, 5.74) is 4.75. The van der Waals surface area contributed by atoms with E-state index in [1.165, 1.54) is 0 Å². The summed E-state index contributed by atoms with van der Waals surface area (Å²) >= 11 is 0. The van der Waals surface area contributed by atoms with E-state index in [1.54, 1.807) is 14.2 Å². The third-order valence-corrected chi connectivity index (χ3v) is 16.1. The molecule has 0 spiro atoms. The Morgan fingerprint density at radius 2 is 1.10 bits per heavy atom. The minimum absolute atomic E-state index is 0.0136. The molecular formula is C43H56O4Si. The Balaban J connectivity index is 1.93. The molecule has 0 unspecified atom stereocenters. The van der Waals surface area contributed by atoms with Gasteiger partial charge in [-0.3, -0.25) is 0 Å². The Hall–Kier alpha value is -3.64. The molecule has 4 aromatic carbocycles. The first kappa shape index (κ1) is 37.2. The Bertz CT molecular complexity index is 1420. The molecule has 0 amide bonds. The van der Waals surface area contributed by atoms with E-state index in [9.17, 15) is 0 Å². The summed E-state index contributed by atoms with van der Waals surface area (Å²) in [5.74, 6) is 1.42. The predicted octanol–water partition coefficient (Wildman–Crippen LogP) is 11.5. The third kappa shape index (κ3) is 7.80. The zero-order valence-corrected chi connectivity index (χ0v) is 31.3. The van der Waals surface area contributed by atoms with E-state index in [0.29, 0.717) is 34.7 Å². The fourth-order valence-electron chi connectivity index (χ4n) is 7.75. The fourth-order valence-corrected chi connectivity index (χ4v) is 13.3. The molecule has 0 heterocycles. The van der Waals surface area contributed by atoms with Gasteiger partial charge in [-0.25, -0.2) is 0 Å². The molecule has 0 radical (unpaired) electrons. The highest BCUT2D eigenvalue weighted by Gasteiger charge is 2.48. The highest BCUT2D eigenvalue weighted by Crippen LogP contribution is 2.49. The summed E-state index contributed by atoms with van der Waals surface area (Å²) in [6, 6.07) is 38.1. The second kappa shape index (κ2) is 17.1. The lowest BCUT2D eigenvalue weighted by Gasteiger charge is -2.47. The lowest BCUT2D eigenvalue weighted by Crippen LogP contribution is -2.50. The Morgan fingerprint density at radius 1 is 0.646 bits per heavy atom. The van der Waals surface area contributed by atoms with E-state index in [2.05, 4.69) is 151 Å². The topological polar surface area (TPSA) is 36.9 Å². The molecule has 0 N–H and O–H groups in total. The van der Waals surface area contributed by atoms with E-state index < -0.39 is 13.9 Å². The number of ether oxygens (including phenoxy) is 3. The van der Waals surface area contributed by atoms with Crippen LogP contribution < -0.4 is 9.47 Å². The number of benzene rings is 4. The lowest BCUT2D eigenvalue weighted by atomic mass is 9.79. The quantitative estimate of drug-likeness (QED) is 0.0602. The molecule has 0 bridgehead atoms. The van der Waals surface area contributed by atoms with Gasteiger partial charge in [0, 0.05) is 5.92 Å². The van der Waals surface area contributed by atoms with Crippen LogP contribution in [0, 0.1) is 5.92 Å². The molecule has 2 atom stereocenters. The number of hydrogen-bond donors (Lipinski definition) is 0. The molecule has 5 heteroatoms. The molecule has 0 aliphatic carbocycles. The second-order valence-corrected chi connectivity index (χ2v) is 19.1. The van der Waals surface area contributed by atoms with E-state index in [0.717, 1.165) is 35.1 Å². The van der Waals surface area contributed by atoms with Crippen molar-refractivity contribution < 1.29 is 18.6 Å². The average Bonchev–Trinajstić information content (AvgIpc) is 3.11.